The third-order valence-electron chi connectivity index (χ3n) is 1.78. The highest BCUT2D eigenvalue weighted by molar-refractivity contribution is 7.89. The highest BCUT2D eigenvalue weighted by Crippen LogP contribution is 2.05. The van der Waals surface area contributed by atoms with Gasteiger partial charge < -0.3 is 5.73 Å². The molecule has 1 aromatic heterocycles. The van der Waals surface area contributed by atoms with E-state index in [9.17, 15) is 8.42 Å². The predicted octanol–water partition coefficient (Wildman–Crippen LogP) is 0.187. The third kappa shape index (κ3) is 2.86. The molecule has 0 atom stereocenters. The average Bonchev–Trinajstić information content (AvgIpc) is 2.47. The fourth-order valence-corrected chi connectivity index (χ4v) is 1.69. The van der Waals surface area contributed by atoms with Gasteiger partial charge in [-0.25, -0.2) is 8.42 Å². The maximum Gasteiger partial charge on any atom is 0.235 e. The number of hydrogen-bond donors (Lipinski definition) is 1. The van der Waals surface area contributed by atoms with Crippen LogP contribution in [-0.2, 0) is 16.4 Å². The number of hydrogen-bond acceptors (Lipinski definition) is 3. The molecule has 0 bridgehead atoms. The number of rotatable bonds is 4. The van der Waals surface area contributed by atoms with Crippen molar-refractivity contribution in [3.05, 3.63) is 24.0 Å². The Kier molecular flexibility index (Phi) is 3.11. The van der Waals surface area contributed by atoms with Crippen LogP contribution in [0.25, 0.3) is 0 Å². The van der Waals surface area contributed by atoms with E-state index >= 15 is 0 Å². The minimum Gasteiger partial charge on any atom is -0.330 e. The van der Waals surface area contributed by atoms with Gasteiger partial charge in [0.15, 0.2) is 0 Å². The van der Waals surface area contributed by atoms with E-state index in [0.717, 1.165) is 18.4 Å². The van der Waals surface area contributed by atoms with Crippen LogP contribution < -0.4 is 5.73 Å². The molecule has 0 amide bonds. The van der Waals surface area contributed by atoms with Crippen LogP contribution in [0.15, 0.2) is 18.5 Å². The lowest BCUT2D eigenvalue weighted by Crippen LogP contribution is -2.07. The summed E-state index contributed by atoms with van der Waals surface area (Å²) in [6.07, 6.45) is 6.08. The molecule has 13 heavy (non-hydrogen) atoms. The Morgan fingerprint density at radius 3 is 2.69 bits per heavy atom. The molecule has 1 rings (SSSR count). The van der Waals surface area contributed by atoms with Crippen molar-refractivity contribution in [1.82, 2.24) is 3.97 Å². The number of nitrogens with zero attached hydrogens (tertiary/aromatic N) is 1. The predicted molar refractivity (Wildman–Crippen MR) is 52.0 cm³/mol. The van der Waals surface area contributed by atoms with Gasteiger partial charge in [-0.15, -0.1) is 0 Å². The molecule has 0 aromatic carbocycles. The maximum atomic E-state index is 11.1. The molecule has 0 fully saturated rings. The fourth-order valence-electron chi connectivity index (χ4n) is 1.08. The van der Waals surface area contributed by atoms with Crippen molar-refractivity contribution >= 4 is 10.0 Å². The van der Waals surface area contributed by atoms with Gasteiger partial charge in [0.05, 0.1) is 6.26 Å². The van der Waals surface area contributed by atoms with Crippen LogP contribution in [0.2, 0.25) is 0 Å². The monoisotopic (exact) mass is 202 g/mol. The Hall–Kier alpha value is -0.810. The van der Waals surface area contributed by atoms with Crippen molar-refractivity contribution in [3.63, 3.8) is 0 Å². The van der Waals surface area contributed by atoms with Gasteiger partial charge >= 0.3 is 0 Å². The van der Waals surface area contributed by atoms with E-state index in [2.05, 4.69) is 0 Å². The Morgan fingerprint density at radius 1 is 1.54 bits per heavy atom. The van der Waals surface area contributed by atoms with Crippen molar-refractivity contribution in [1.29, 1.82) is 0 Å². The van der Waals surface area contributed by atoms with Crippen LogP contribution in [0, 0.1) is 0 Å². The summed E-state index contributed by atoms with van der Waals surface area (Å²) in [5.74, 6) is 0. The van der Waals surface area contributed by atoms with Gasteiger partial charge in [0.2, 0.25) is 10.0 Å². The SMILES string of the molecule is CS(=O)(=O)n1ccc(CCCN)c1. The summed E-state index contributed by atoms with van der Waals surface area (Å²) in [7, 11) is -3.12. The Bertz CT molecular complexity index is 367. The zero-order valence-electron chi connectivity index (χ0n) is 7.60. The molecule has 0 aliphatic rings. The van der Waals surface area contributed by atoms with Crippen molar-refractivity contribution in [2.24, 2.45) is 5.73 Å². The second kappa shape index (κ2) is 3.93. The largest absolute Gasteiger partial charge is 0.330 e. The highest BCUT2D eigenvalue weighted by atomic mass is 32.2. The van der Waals surface area contributed by atoms with Gasteiger partial charge in [0, 0.05) is 12.4 Å². The summed E-state index contributed by atoms with van der Waals surface area (Å²) in [5.41, 5.74) is 6.35. The number of aryl methyl sites for hydroxylation is 1. The van der Waals surface area contributed by atoms with E-state index in [1.807, 2.05) is 0 Å². The van der Waals surface area contributed by atoms with Gasteiger partial charge in [-0.2, -0.15) is 0 Å². The summed E-state index contributed by atoms with van der Waals surface area (Å²) in [6.45, 7) is 0.629. The van der Waals surface area contributed by atoms with Crippen molar-refractivity contribution < 1.29 is 8.42 Å². The van der Waals surface area contributed by atoms with E-state index in [4.69, 9.17) is 5.73 Å². The molecular formula is C8H14N2O2S. The third-order valence-corrected chi connectivity index (χ3v) is 2.77. The first-order valence-corrected chi connectivity index (χ1v) is 5.96. The van der Waals surface area contributed by atoms with E-state index in [1.54, 1.807) is 18.5 Å². The minimum atomic E-state index is -3.12. The van der Waals surface area contributed by atoms with Crippen molar-refractivity contribution in [2.75, 3.05) is 12.8 Å². The topological polar surface area (TPSA) is 65.1 Å². The molecular weight excluding hydrogens is 188 g/mol. The second-order valence-electron chi connectivity index (χ2n) is 3.00. The standard InChI is InChI=1S/C8H14N2O2S/c1-13(11,12)10-6-4-8(7-10)3-2-5-9/h4,6-7H,2-3,5,9H2,1H3. The molecule has 74 valence electrons. The molecule has 0 aliphatic heterocycles. The lowest BCUT2D eigenvalue weighted by Gasteiger charge is -1.97. The Morgan fingerprint density at radius 2 is 2.23 bits per heavy atom. The fraction of sp³-hybridized carbons (Fsp3) is 0.500. The van der Waals surface area contributed by atoms with Crippen LogP contribution in [0.4, 0.5) is 0 Å². The molecule has 0 spiro atoms. The van der Waals surface area contributed by atoms with Gasteiger partial charge in [-0.1, -0.05) is 0 Å². The van der Waals surface area contributed by atoms with E-state index in [-0.39, 0.29) is 0 Å². The summed E-state index contributed by atoms with van der Waals surface area (Å²) >= 11 is 0. The average molecular weight is 202 g/mol. The molecule has 4 nitrogen and oxygen atoms in total. The molecule has 0 unspecified atom stereocenters. The van der Waals surface area contributed by atoms with Crippen molar-refractivity contribution in [2.45, 2.75) is 12.8 Å². The van der Waals surface area contributed by atoms with Crippen LogP contribution in [0.3, 0.4) is 0 Å². The molecule has 2 N–H and O–H groups in total. The summed E-state index contributed by atoms with van der Waals surface area (Å²) in [4.78, 5) is 0. The molecule has 0 radical (unpaired) electrons. The first-order chi connectivity index (χ1) is 6.04. The lowest BCUT2D eigenvalue weighted by atomic mass is 10.2. The van der Waals surface area contributed by atoms with Crippen LogP contribution >= 0.6 is 0 Å². The lowest BCUT2D eigenvalue weighted by molar-refractivity contribution is 0.593. The zero-order valence-corrected chi connectivity index (χ0v) is 8.42. The van der Waals surface area contributed by atoms with Crippen LogP contribution in [0.1, 0.15) is 12.0 Å². The molecule has 1 aromatic rings. The molecule has 0 aliphatic carbocycles. The van der Waals surface area contributed by atoms with Gasteiger partial charge in [-0.3, -0.25) is 3.97 Å². The molecule has 0 saturated heterocycles. The maximum absolute atomic E-state index is 11.1. The summed E-state index contributed by atoms with van der Waals surface area (Å²) in [5, 5.41) is 0. The second-order valence-corrected chi connectivity index (χ2v) is 4.89. The van der Waals surface area contributed by atoms with Gasteiger partial charge in [-0.05, 0) is 31.0 Å². The van der Waals surface area contributed by atoms with Crippen LogP contribution in [-0.4, -0.2) is 25.2 Å². The zero-order chi connectivity index (χ0) is 9.90. The van der Waals surface area contributed by atoms with Gasteiger partial charge in [0.1, 0.15) is 0 Å². The Balaban J connectivity index is 2.76. The minimum absolute atomic E-state index is 0.629. The summed E-state index contributed by atoms with van der Waals surface area (Å²) < 4.78 is 23.3. The van der Waals surface area contributed by atoms with E-state index in [0.29, 0.717) is 6.54 Å². The Labute approximate surface area is 78.4 Å². The van der Waals surface area contributed by atoms with E-state index in [1.165, 1.54) is 10.2 Å². The number of nitrogens with two attached hydrogens (primary N) is 1. The normalized spacial score (nSPS) is 11.8. The van der Waals surface area contributed by atoms with Crippen LogP contribution in [0.5, 0.6) is 0 Å². The van der Waals surface area contributed by atoms with Gasteiger partial charge in [0.25, 0.3) is 0 Å². The molecule has 5 heteroatoms. The summed E-state index contributed by atoms with van der Waals surface area (Å²) in [6, 6.07) is 1.80. The van der Waals surface area contributed by atoms with E-state index < -0.39 is 10.0 Å². The number of aromatic nitrogens is 1. The first-order valence-electron chi connectivity index (χ1n) is 4.11. The quantitative estimate of drug-likeness (QED) is 0.758. The van der Waals surface area contributed by atoms with Crippen molar-refractivity contribution in [3.8, 4) is 0 Å². The first kappa shape index (κ1) is 10.3. The highest BCUT2D eigenvalue weighted by Gasteiger charge is 2.04. The smallest absolute Gasteiger partial charge is 0.235 e. The molecule has 1 heterocycles. The molecule has 0 saturated carbocycles.